The average molecular weight is 271 g/mol. The highest BCUT2D eigenvalue weighted by molar-refractivity contribution is 7.09. The van der Waals surface area contributed by atoms with Crippen LogP contribution >= 0.6 is 11.3 Å². The first-order valence-electron chi connectivity index (χ1n) is 5.97. The van der Waals surface area contributed by atoms with E-state index in [1.807, 2.05) is 42.6 Å². The summed E-state index contributed by atoms with van der Waals surface area (Å²) in [6.07, 6.45) is 1.73. The van der Waals surface area contributed by atoms with Gasteiger partial charge in [-0.15, -0.1) is 11.3 Å². The van der Waals surface area contributed by atoms with E-state index in [-0.39, 0.29) is 11.6 Å². The number of nitrogen functional groups attached to an aromatic ring is 1. The van der Waals surface area contributed by atoms with Gasteiger partial charge in [-0.1, -0.05) is 18.2 Å². The number of nitrogens with two attached hydrogens (primary N) is 1. The zero-order valence-electron chi connectivity index (χ0n) is 10.4. The van der Waals surface area contributed by atoms with Crippen molar-refractivity contribution in [2.24, 2.45) is 0 Å². The van der Waals surface area contributed by atoms with Gasteiger partial charge in [0.05, 0.1) is 6.04 Å². The van der Waals surface area contributed by atoms with Gasteiger partial charge in [-0.25, -0.2) is 4.98 Å². The first-order valence-corrected chi connectivity index (χ1v) is 6.85. The van der Waals surface area contributed by atoms with Gasteiger partial charge in [0, 0.05) is 17.0 Å². The van der Waals surface area contributed by atoms with Crippen LogP contribution < -0.4 is 11.3 Å². The fourth-order valence-electron chi connectivity index (χ4n) is 2.24. The molecule has 2 aromatic heterocycles. The van der Waals surface area contributed by atoms with Crippen molar-refractivity contribution in [1.29, 1.82) is 0 Å². The maximum Gasteiger partial charge on any atom is 0.260 e. The van der Waals surface area contributed by atoms with Gasteiger partial charge in [-0.3, -0.25) is 9.36 Å². The second kappa shape index (κ2) is 4.51. The summed E-state index contributed by atoms with van der Waals surface area (Å²) in [7, 11) is 0. The van der Waals surface area contributed by atoms with Crippen molar-refractivity contribution in [1.82, 2.24) is 9.55 Å². The van der Waals surface area contributed by atoms with Gasteiger partial charge in [-0.05, 0) is 24.4 Å². The zero-order chi connectivity index (χ0) is 13.4. The number of benzene rings is 1. The van der Waals surface area contributed by atoms with Gasteiger partial charge < -0.3 is 5.73 Å². The Bertz CT molecular complexity index is 777. The highest BCUT2D eigenvalue weighted by Crippen LogP contribution is 2.23. The normalized spacial score (nSPS) is 12.7. The van der Waals surface area contributed by atoms with Crippen LogP contribution in [-0.4, -0.2) is 9.55 Å². The molecular weight excluding hydrogens is 258 g/mol. The van der Waals surface area contributed by atoms with E-state index >= 15 is 0 Å². The van der Waals surface area contributed by atoms with Crippen LogP contribution in [0.5, 0.6) is 0 Å². The molecule has 5 heteroatoms. The Kier molecular flexibility index (Phi) is 2.83. The molecule has 0 aliphatic carbocycles. The monoisotopic (exact) mass is 271 g/mol. The van der Waals surface area contributed by atoms with E-state index in [1.54, 1.807) is 10.8 Å². The quantitative estimate of drug-likeness (QED) is 0.779. The summed E-state index contributed by atoms with van der Waals surface area (Å²) in [5.41, 5.74) is 5.96. The lowest BCUT2D eigenvalue weighted by molar-refractivity contribution is 0.625. The lowest BCUT2D eigenvalue weighted by Crippen LogP contribution is -2.26. The minimum atomic E-state index is -0.155. The number of aromatic nitrogens is 2. The summed E-state index contributed by atoms with van der Waals surface area (Å²) in [5.74, 6) is 0.464. The number of hydrogen-bond donors (Lipinski definition) is 1. The molecule has 1 aromatic carbocycles. The van der Waals surface area contributed by atoms with Gasteiger partial charge in [-0.2, -0.15) is 0 Å². The molecule has 0 amide bonds. The molecule has 0 saturated heterocycles. The summed E-state index contributed by atoms with van der Waals surface area (Å²) in [4.78, 5) is 16.8. The Hall–Kier alpha value is -2.14. The molecule has 1 unspecified atom stereocenters. The fraction of sp³-hybridized carbons (Fsp3) is 0.143. The molecule has 3 rings (SSSR count). The van der Waals surface area contributed by atoms with Crippen LogP contribution in [0.15, 0.2) is 46.7 Å². The number of rotatable bonds is 2. The number of nitrogens with zero attached hydrogens (tertiary/aromatic N) is 2. The van der Waals surface area contributed by atoms with Crippen LogP contribution in [0.1, 0.15) is 18.0 Å². The van der Waals surface area contributed by atoms with Gasteiger partial charge in [0.1, 0.15) is 10.8 Å². The summed E-state index contributed by atoms with van der Waals surface area (Å²) >= 11 is 1.52. The van der Waals surface area contributed by atoms with E-state index in [1.165, 1.54) is 11.3 Å². The Balaban J connectivity index is 2.27. The standard InChI is InChI=1S/C14H13N3OS/c1-9(13-16-6-7-19-13)17-12(15)8-10-4-2-3-5-11(10)14(17)18/h2-9H,15H2,1H3. The summed E-state index contributed by atoms with van der Waals surface area (Å²) in [6.45, 7) is 1.94. The van der Waals surface area contributed by atoms with Crippen LogP contribution in [0.3, 0.4) is 0 Å². The molecule has 1 atom stereocenters. The third kappa shape index (κ3) is 1.92. The van der Waals surface area contributed by atoms with Gasteiger partial charge in [0.25, 0.3) is 5.56 Å². The minimum Gasteiger partial charge on any atom is -0.385 e. The Morgan fingerprint density at radius 2 is 2.16 bits per heavy atom. The molecule has 0 fully saturated rings. The Morgan fingerprint density at radius 1 is 1.37 bits per heavy atom. The predicted octanol–water partition coefficient (Wildman–Crippen LogP) is 2.65. The molecule has 0 radical (unpaired) electrons. The zero-order valence-corrected chi connectivity index (χ0v) is 11.2. The van der Waals surface area contributed by atoms with E-state index in [0.29, 0.717) is 11.2 Å². The number of fused-ring (bicyclic) bond motifs is 1. The second-order valence-corrected chi connectivity index (χ2v) is 5.30. The number of thiazole rings is 1. The molecule has 96 valence electrons. The molecule has 4 nitrogen and oxygen atoms in total. The number of anilines is 1. The summed E-state index contributed by atoms with van der Waals surface area (Å²) in [5, 5.41) is 4.32. The van der Waals surface area contributed by atoms with Crippen molar-refractivity contribution in [3.8, 4) is 0 Å². The van der Waals surface area contributed by atoms with Crippen molar-refractivity contribution in [2.45, 2.75) is 13.0 Å². The third-order valence-electron chi connectivity index (χ3n) is 3.19. The highest BCUT2D eigenvalue weighted by atomic mass is 32.1. The van der Waals surface area contributed by atoms with Crippen molar-refractivity contribution in [3.05, 3.63) is 57.3 Å². The van der Waals surface area contributed by atoms with Crippen molar-refractivity contribution in [2.75, 3.05) is 5.73 Å². The Morgan fingerprint density at radius 3 is 2.89 bits per heavy atom. The van der Waals surface area contributed by atoms with Crippen LogP contribution in [-0.2, 0) is 0 Å². The first kappa shape index (κ1) is 11.9. The van der Waals surface area contributed by atoms with E-state index in [0.717, 1.165) is 10.4 Å². The molecule has 0 aliphatic heterocycles. The molecule has 2 N–H and O–H groups in total. The van der Waals surface area contributed by atoms with Crippen LogP contribution in [0.2, 0.25) is 0 Å². The number of pyridine rings is 1. The van der Waals surface area contributed by atoms with Crippen LogP contribution in [0.25, 0.3) is 10.8 Å². The van der Waals surface area contributed by atoms with E-state index in [9.17, 15) is 4.79 Å². The topological polar surface area (TPSA) is 60.9 Å². The first-order chi connectivity index (χ1) is 9.18. The van der Waals surface area contributed by atoms with Gasteiger partial charge in [0.2, 0.25) is 0 Å². The molecule has 0 aliphatic rings. The molecule has 0 bridgehead atoms. The van der Waals surface area contributed by atoms with Gasteiger partial charge in [0.15, 0.2) is 0 Å². The van der Waals surface area contributed by atoms with E-state index in [2.05, 4.69) is 4.98 Å². The lowest BCUT2D eigenvalue weighted by Gasteiger charge is -2.16. The van der Waals surface area contributed by atoms with Crippen LogP contribution in [0.4, 0.5) is 5.82 Å². The van der Waals surface area contributed by atoms with Gasteiger partial charge >= 0.3 is 0 Å². The van der Waals surface area contributed by atoms with E-state index < -0.39 is 0 Å². The highest BCUT2D eigenvalue weighted by Gasteiger charge is 2.16. The second-order valence-electron chi connectivity index (χ2n) is 4.38. The SMILES string of the molecule is CC(c1nccs1)n1c(N)cc2ccccc2c1=O. The number of hydrogen-bond acceptors (Lipinski definition) is 4. The summed E-state index contributed by atoms with van der Waals surface area (Å²) < 4.78 is 1.60. The molecule has 19 heavy (non-hydrogen) atoms. The van der Waals surface area contributed by atoms with Crippen LogP contribution in [0, 0.1) is 0 Å². The molecule has 0 saturated carbocycles. The lowest BCUT2D eigenvalue weighted by atomic mass is 10.1. The average Bonchev–Trinajstić information content (AvgIpc) is 2.92. The predicted molar refractivity (Wildman–Crippen MR) is 78.5 cm³/mol. The third-order valence-corrected chi connectivity index (χ3v) is 4.13. The Labute approximate surface area is 114 Å². The molecule has 3 aromatic rings. The smallest absolute Gasteiger partial charge is 0.260 e. The molecular formula is C14H13N3OS. The summed E-state index contributed by atoms with van der Waals surface area (Å²) in [6, 6.07) is 9.15. The largest absolute Gasteiger partial charge is 0.385 e. The van der Waals surface area contributed by atoms with Crippen molar-refractivity contribution < 1.29 is 0 Å². The van der Waals surface area contributed by atoms with Crippen molar-refractivity contribution >= 4 is 27.9 Å². The minimum absolute atomic E-state index is 0.0710. The van der Waals surface area contributed by atoms with E-state index in [4.69, 9.17) is 5.73 Å². The fourth-order valence-corrected chi connectivity index (χ4v) is 2.93. The van der Waals surface area contributed by atoms with Crippen molar-refractivity contribution in [3.63, 3.8) is 0 Å². The molecule has 0 spiro atoms. The molecule has 2 heterocycles. The maximum atomic E-state index is 12.5. The maximum absolute atomic E-state index is 12.5.